The van der Waals surface area contributed by atoms with Crippen molar-refractivity contribution in [2.24, 2.45) is 0 Å². The lowest BCUT2D eigenvalue weighted by Crippen LogP contribution is -2.20. The number of nitrogens with one attached hydrogen (secondary N) is 2. The van der Waals surface area contributed by atoms with Crippen LogP contribution in [0, 0.1) is 0 Å². The molecule has 1 aromatic heterocycles. The fourth-order valence-corrected chi connectivity index (χ4v) is 3.09. The average molecular weight is 373 g/mol. The van der Waals surface area contributed by atoms with Gasteiger partial charge in [-0.15, -0.1) is 0 Å². The maximum atomic E-state index is 12.9. The number of rotatable bonds is 3. The predicted molar refractivity (Wildman–Crippen MR) is 106 cm³/mol. The number of nitrogens with zero attached hydrogens (tertiary/aromatic N) is 1. The average Bonchev–Trinajstić information content (AvgIpc) is 2.73. The van der Waals surface area contributed by atoms with Crippen molar-refractivity contribution < 1.29 is 14.3 Å². The molecule has 0 aliphatic carbocycles. The van der Waals surface area contributed by atoms with Crippen LogP contribution in [0.3, 0.4) is 0 Å². The third-order valence-corrected chi connectivity index (χ3v) is 4.45. The number of methoxy groups -OCH3 is 1. The monoisotopic (exact) mass is 373 g/mol. The van der Waals surface area contributed by atoms with Gasteiger partial charge in [-0.25, -0.2) is 9.89 Å². The number of hydrogen-bond donors (Lipinski definition) is 2. The number of esters is 1. The Labute approximate surface area is 159 Å². The Hall–Kier alpha value is -4.00. The molecule has 7 nitrogen and oxygen atoms in total. The minimum absolute atomic E-state index is 0.0548. The van der Waals surface area contributed by atoms with E-state index in [9.17, 15) is 14.4 Å². The molecule has 0 bridgehead atoms. The molecule has 1 heterocycles. The van der Waals surface area contributed by atoms with E-state index >= 15 is 0 Å². The number of anilines is 1. The first-order valence-corrected chi connectivity index (χ1v) is 8.48. The van der Waals surface area contributed by atoms with Gasteiger partial charge in [-0.1, -0.05) is 42.5 Å². The van der Waals surface area contributed by atoms with E-state index in [1.54, 1.807) is 36.4 Å². The van der Waals surface area contributed by atoms with E-state index in [1.807, 2.05) is 24.3 Å². The number of amides is 1. The molecule has 0 unspecified atom stereocenters. The normalized spacial score (nSPS) is 10.8. The molecule has 28 heavy (non-hydrogen) atoms. The number of benzene rings is 3. The van der Waals surface area contributed by atoms with Crippen molar-refractivity contribution in [3.05, 3.63) is 82.3 Å². The summed E-state index contributed by atoms with van der Waals surface area (Å²) < 4.78 is 4.85. The molecule has 0 atom stereocenters. The van der Waals surface area contributed by atoms with E-state index in [0.717, 1.165) is 10.8 Å². The maximum absolute atomic E-state index is 12.9. The fourth-order valence-electron chi connectivity index (χ4n) is 3.09. The quantitative estimate of drug-likeness (QED) is 0.537. The third-order valence-electron chi connectivity index (χ3n) is 4.45. The molecule has 0 aliphatic heterocycles. The summed E-state index contributed by atoms with van der Waals surface area (Å²) in [6, 6.07) is 17.5. The molecule has 3 aromatic carbocycles. The molecule has 1 amide bonds. The second kappa shape index (κ2) is 6.96. The van der Waals surface area contributed by atoms with Crippen LogP contribution in [0.2, 0.25) is 0 Å². The van der Waals surface area contributed by atoms with Crippen LogP contribution in [-0.4, -0.2) is 29.2 Å². The van der Waals surface area contributed by atoms with E-state index in [-0.39, 0.29) is 16.8 Å². The molecule has 0 aliphatic rings. The van der Waals surface area contributed by atoms with Gasteiger partial charge in [-0.05, 0) is 29.0 Å². The highest BCUT2D eigenvalue weighted by molar-refractivity contribution is 6.14. The molecular formula is C21H15N3O4. The zero-order valence-corrected chi connectivity index (χ0v) is 14.9. The number of carbonyl (C=O) groups excluding carboxylic acids is 2. The van der Waals surface area contributed by atoms with Gasteiger partial charge in [-0.3, -0.25) is 9.59 Å². The molecular weight excluding hydrogens is 358 g/mol. The molecule has 7 heteroatoms. The first kappa shape index (κ1) is 17.4. The van der Waals surface area contributed by atoms with Crippen molar-refractivity contribution in [1.29, 1.82) is 0 Å². The molecule has 0 saturated heterocycles. The van der Waals surface area contributed by atoms with E-state index in [0.29, 0.717) is 16.5 Å². The minimum Gasteiger partial charge on any atom is -0.465 e. The van der Waals surface area contributed by atoms with E-state index in [2.05, 4.69) is 15.5 Å². The third kappa shape index (κ3) is 2.99. The fraction of sp³-hybridized carbons (Fsp3) is 0.0476. The summed E-state index contributed by atoms with van der Waals surface area (Å²) in [4.78, 5) is 37.0. The lowest BCUT2D eigenvalue weighted by atomic mass is 10.0. The van der Waals surface area contributed by atoms with Crippen molar-refractivity contribution in [2.75, 3.05) is 12.4 Å². The lowest BCUT2D eigenvalue weighted by molar-refractivity contribution is 0.0602. The van der Waals surface area contributed by atoms with Gasteiger partial charge in [0, 0.05) is 5.39 Å². The molecule has 0 fully saturated rings. The summed E-state index contributed by atoms with van der Waals surface area (Å²) in [5, 5.41) is 11.4. The topological polar surface area (TPSA) is 101 Å². The van der Waals surface area contributed by atoms with Crippen molar-refractivity contribution in [2.45, 2.75) is 0 Å². The van der Waals surface area contributed by atoms with E-state index < -0.39 is 11.9 Å². The number of fused-ring (bicyclic) bond motifs is 2. The molecule has 4 aromatic rings. The largest absolute Gasteiger partial charge is 0.465 e. The Morgan fingerprint density at radius 2 is 1.61 bits per heavy atom. The second-order valence-electron chi connectivity index (χ2n) is 6.14. The van der Waals surface area contributed by atoms with E-state index in [1.165, 1.54) is 7.11 Å². The molecule has 0 saturated carbocycles. The molecule has 2 N–H and O–H groups in total. The number of aromatic amines is 1. The van der Waals surface area contributed by atoms with Crippen LogP contribution in [0.5, 0.6) is 0 Å². The number of ether oxygens (including phenoxy) is 1. The van der Waals surface area contributed by atoms with Crippen molar-refractivity contribution in [1.82, 2.24) is 10.2 Å². The summed E-state index contributed by atoms with van der Waals surface area (Å²) in [7, 11) is 1.28. The summed E-state index contributed by atoms with van der Waals surface area (Å²) in [5.74, 6) is -1.12. The van der Waals surface area contributed by atoms with Crippen LogP contribution < -0.4 is 10.9 Å². The standard InChI is InChI=1S/C21H15N3O4/c1-28-21(27)16-10-12-6-2-3-7-13(12)11-17(16)22-20(26)18-14-8-4-5-9-15(14)19(25)24-23-18/h2-11H,1H3,(H,22,26)(H,24,25). The van der Waals surface area contributed by atoms with Crippen LogP contribution in [0.15, 0.2) is 65.5 Å². The number of aromatic nitrogens is 2. The van der Waals surface area contributed by atoms with Crippen LogP contribution in [0.1, 0.15) is 20.8 Å². The highest BCUT2D eigenvalue weighted by atomic mass is 16.5. The van der Waals surface area contributed by atoms with Crippen LogP contribution in [-0.2, 0) is 4.74 Å². The summed E-state index contributed by atoms with van der Waals surface area (Å²) in [6.07, 6.45) is 0. The summed E-state index contributed by atoms with van der Waals surface area (Å²) in [5.41, 5.74) is 0.197. The second-order valence-corrected chi connectivity index (χ2v) is 6.14. The Morgan fingerprint density at radius 3 is 2.32 bits per heavy atom. The first-order valence-electron chi connectivity index (χ1n) is 8.48. The Bertz CT molecular complexity index is 1290. The van der Waals surface area contributed by atoms with Crippen LogP contribution in [0.25, 0.3) is 21.5 Å². The number of hydrogen-bond acceptors (Lipinski definition) is 5. The lowest BCUT2D eigenvalue weighted by Gasteiger charge is -2.12. The van der Waals surface area contributed by atoms with Crippen molar-refractivity contribution in [3.63, 3.8) is 0 Å². The minimum atomic E-state index is -0.569. The van der Waals surface area contributed by atoms with Crippen molar-refractivity contribution in [3.8, 4) is 0 Å². The van der Waals surface area contributed by atoms with Gasteiger partial charge in [0.1, 0.15) is 0 Å². The molecule has 0 spiro atoms. The Balaban J connectivity index is 1.82. The smallest absolute Gasteiger partial charge is 0.339 e. The molecule has 0 radical (unpaired) electrons. The van der Waals surface area contributed by atoms with Gasteiger partial charge in [-0.2, -0.15) is 5.10 Å². The predicted octanol–water partition coefficient (Wildman–Crippen LogP) is 3.12. The van der Waals surface area contributed by atoms with Gasteiger partial charge >= 0.3 is 5.97 Å². The number of H-pyrrole nitrogens is 1. The van der Waals surface area contributed by atoms with Gasteiger partial charge in [0.25, 0.3) is 11.5 Å². The van der Waals surface area contributed by atoms with Crippen LogP contribution >= 0.6 is 0 Å². The van der Waals surface area contributed by atoms with Crippen LogP contribution in [0.4, 0.5) is 5.69 Å². The first-order chi connectivity index (χ1) is 13.6. The van der Waals surface area contributed by atoms with Gasteiger partial charge in [0.05, 0.1) is 23.7 Å². The zero-order chi connectivity index (χ0) is 19.7. The highest BCUT2D eigenvalue weighted by Gasteiger charge is 2.19. The Morgan fingerprint density at radius 1 is 0.964 bits per heavy atom. The van der Waals surface area contributed by atoms with Gasteiger partial charge in [0.15, 0.2) is 5.69 Å². The molecule has 138 valence electrons. The SMILES string of the molecule is COC(=O)c1cc2ccccc2cc1NC(=O)c1n[nH]c(=O)c2ccccc12. The van der Waals surface area contributed by atoms with Gasteiger partial charge in [0.2, 0.25) is 0 Å². The van der Waals surface area contributed by atoms with Crippen molar-refractivity contribution >= 4 is 39.1 Å². The molecule has 4 rings (SSSR count). The maximum Gasteiger partial charge on any atom is 0.339 e. The highest BCUT2D eigenvalue weighted by Crippen LogP contribution is 2.26. The summed E-state index contributed by atoms with van der Waals surface area (Å²) in [6.45, 7) is 0. The van der Waals surface area contributed by atoms with E-state index in [4.69, 9.17) is 4.74 Å². The zero-order valence-electron chi connectivity index (χ0n) is 14.9. The Kier molecular flexibility index (Phi) is 4.33. The summed E-state index contributed by atoms with van der Waals surface area (Å²) >= 11 is 0. The number of carbonyl (C=O) groups is 2. The van der Waals surface area contributed by atoms with Gasteiger partial charge < -0.3 is 10.1 Å².